The maximum atomic E-state index is 11.9. The van der Waals surface area contributed by atoms with Crippen LogP contribution in [-0.2, 0) is 11.2 Å². The van der Waals surface area contributed by atoms with Crippen LogP contribution in [0.15, 0.2) is 18.2 Å². The first-order valence-corrected chi connectivity index (χ1v) is 8.32. The second-order valence-electron chi connectivity index (χ2n) is 5.86. The molecule has 1 rings (SSSR count). The predicted molar refractivity (Wildman–Crippen MR) is 89.1 cm³/mol. The van der Waals surface area contributed by atoms with Crippen molar-refractivity contribution < 1.29 is 9.53 Å². The molecule has 0 aliphatic rings. The van der Waals surface area contributed by atoms with Crippen molar-refractivity contribution in [2.75, 3.05) is 7.11 Å². The fraction of sp³-hybridized carbons (Fsp3) is 0.632. The van der Waals surface area contributed by atoms with Gasteiger partial charge in [0.2, 0.25) is 0 Å². The third-order valence-corrected chi connectivity index (χ3v) is 3.97. The molecule has 0 atom stereocenters. The van der Waals surface area contributed by atoms with Crippen LogP contribution in [0.5, 0.6) is 5.75 Å². The fourth-order valence-electron chi connectivity index (χ4n) is 2.53. The van der Waals surface area contributed by atoms with Crippen LogP contribution in [0, 0.1) is 6.92 Å². The van der Waals surface area contributed by atoms with E-state index in [1.54, 1.807) is 7.11 Å². The Morgan fingerprint density at radius 2 is 1.76 bits per heavy atom. The number of methoxy groups -OCH3 is 1. The van der Waals surface area contributed by atoms with E-state index in [-0.39, 0.29) is 0 Å². The van der Waals surface area contributed by atoms with E-state index in [1.807, 2.05) is 13.0 Å². The summed E-state index contributed by atoms with van der Waals surface area (Å²) in [7, 11) is 1.69. The molecule has 2 nitrogen and oxygen atoms in total. The number of unbranched alkanes of at least 4 members (excludes halogenated alkanes) is 5. The molecular weight excluding hydrogens is 260 g/mol. The first-order valence-electron chi connectivity index (χ1n) is 8.32. The van der Waals surface area contributed by atoms with Gasteiger partial charge in [0.25, 0.3) is 0 Å². The smallest absolute Gasteiger partial charge is 0.133 e. The minimum Gasteiger partial charge on any atom is -0.496 e. The summed E-state index contributed by atoms with van der Waals surface area (Å²) in [4.78, 5) is 11.9. The van der Waals surface area contributed by atoms with Crippen LogP contribution in [-0.4, -0.2) is 12.9 Å². The summed E-state index contributed by atoms with van der Waals surface area (Å²) in [6.07, 6.45) is 9.66. The summed E-state index contributed by atoms with van der Waals surface area (Å²) >= 11 is 0. The SMILES string of the molecule is CCCCCCCCC(=O)CCc1ccc(C)c(OC)c1. The number of benzene rings is 1. The van der Waals surface area contributed by atoms with Crippen LogP contribution >= 0.6 is 0 Å². The summed E-state index contributed by atoms with van der Waals surface area (Å²) in [6, 6.07) is 6.20. The van der Waals surface area contributed by atoms with Gasteiger partial charge in [-0.2, -0.15) is 0 Å². The second kappa shape index (κ2) is 10.4. The van der Waals surface area contributed by atoms with E-state index < -0.39 is 0 Å². The van der Waals surface area contributed by atoms with Crippen molar-refractivity contribution in [2.24, 2.45) is 0 Å². The molecule has 0 aliphatic heterocycles. The number of rotatable bonds is 11. The van der Waals surface area contributed by atoms with Crippen molar-refractivity contribution in [1.82, 2.24) is 0 Å². The maximum Gasteiger partial charge on any atom is 0.133 e. The average Bonchev–Trinajstić information content (AvgIpc) is 2.50. The molecule has 0 aromatic heterocycles. The standard InChI is InChI=1S/C19H30O2/c1-4-5-6-7-8-9-10-18(20)14-13-17-12-11-16(2)19(15-17)21-3/h11-12,15H,4-10,13-14H2,1-3H3. The number of hydrogen-bond acceptors (Lipinski definition) is 2. The number of ether oxygens (including phenoxy) is 1. The highest BCUT2D eigenvalue weighted by Crippen LogP contribution is 2.20. The van der Waals surface area contributed by atoms with Crippen molar-refractivity contribution in [2.45, 2.75) is 71.6 Å². The maximum absolute atomic E-state index is 11.9. The van der Waals surface area contributed by atoms with Crippen LogP contribution in [0.4, 0.5) is 0 Å². The molecule has 0 unspecified atom stereocenters. The zero-order valence-corrected chi connectivity index (χ0v) is 13.9. The van der Waals surface area contributed by atoms with Crippen LogP contribution in [0.3, 0.4) is 0 Å². The van der Waals surface area contributed by atoms with E-state index in [1.165, 1.54) is 37.7 Å². The summed E-state index contributed by atoms with van der Waals surface area (Å²) < 4.78 is 5.32. The van der Waals surface area contributed by atoms with Crippen LogP contribution < -0.4 is 4.74 Å². The van der Waals surface area contributed by atoms with Gasteiger partial charge in [-0.25, -0.2) is 0 Å². The van der Waals surface area contributed by atoms with Gasteiger partial charge >= 0.3 is 0 Å². The quantitative estimate of drug-likeness (QED) is 0.520. The monoisotopic (exact) mass is 290 g/mol. The van der Waals surface area contributed by atoms with Gasteiger partial charge in [0.15, 0.2) is 0 Å². The van der Waals surface area contributed by atoms with Crippen LogP contribution in [0.25, 0.3) is 0 Å². The summed E-state index contributed by atoms with van der Waals surface area (Å²) in [5, 5.41) is 0. The van der Waals surface area contributed by atoms with Crippen molar-refractivity contribution in [3.63, 3.8) is 0 Å². The molecule has 1 aromatic carbocycles. The molecule has 2 heteroatoms. The number of aryl methyl sites for hydroxylation is 2. The lowest BCUT2D eigenvalue weighted by Gasteiger charge is -2.07. The van der Waals surface area contributed by atoms with E-state index in [0.717, 1.165) is 30.6 Å². The fourth-order valence-corrected chi connectivity index (χ4v) is 2.53. The zero-order valence-electron chi connectivity index (χ0n) is 13.9. The summed E-state index contributed by atoms with van der Waals surface area (Å²) in [6.45, 7) is 4.26. The molecule has 0 saturated heterocycles. The predicted octanol–water partition coefficient (Wildman–Crippen LogP) is 5.26. The molecule has 0 bridgehead atoms. The largest absolute Gasteiger partial charge is 0.496 e. The Morgan fingerprint density at radius 1 is 1.05 bits per heavy atom. The third kappa shape index (κ3) is 7.31. The number of carbonyl (C=O) groups excluding carboxylic acids is 1. The highest BCUT2D eigenvalue weighted by Gasteiger charge is 2.05. The van der Waals surface area contributed by atoms with E-state index in [0.29, 0.717) is 12.2 Å². The number of ketones is 1. The molecule has 0 spiro atoms. The molecule has 0 fully saturated rings. The van der Waals surface area contributed by atoms with Crippen molar-refractivity contribution in [1.29, 1.82) is 0 Å². The van der Waals surface area contributed by atoms with Crippen LogP contribution in [0.1, 0.15) is 69.4 Å². The Balaban J connectivity index is 2.21. The lowest BCUT2D eigenvalue weighted by molar-refractivity contribution is -0.119. The van der Waals surface area contributed by atoms with Gasteiger partial charge in [0.05, 0.1) is 7.11 Å². The molecule has 0 saturated carbocycles. The summed E-state index contributed by atoms with van der Waals surface area (Å²) in [5.74, 6) is 1.31. The zero-order chi connectivity index (χ0) is 15.5. The van der Waals surface area contributed by atoms with E-state index in [2.05, 4.69) is 19.1 Å². The second-order valence-corrected chi connectivity index (χ2v) is 5.86. The molecule has 118 valence electrons. The minimum absolute atomic E-state index is 0.394. The Bertz CT molecular complexity index is 424. The molecule has 0 N–H and O–H groups in total. The van der Waals surface area contributed by atoms with Crippen molar-refractivity contribution in [3.8, 4) is 5.75 Å². The van der Waals surface area contributed by atoms with Crippen molar-refractivity contribution in [3.05, 3.63) is 29.3 Å². The molecule has 0 radical (unpaired) electrons. The number of hydrogen-bond donors (Lipinski definition) is 0. The summed E-state index contributed by atoms with van der Waals surface area (Å²) in [5.41, 5.74) is 2.33. The molecule has 0 aliphatic carbocycles. The van der Waals surface area contributed by atoms with Crippen molar-refractivity contribution >= 4 is 5.78 Å². The number of carbonyl (C=O) groups is 1. The first-order chi connectivity index (χ1) is 10.2. The van der Waals surface area contributed by atoms with Gasteiger partial charge < -0.3 is 4.74 Å². The van der Waals surface area contributed by atoms with Gasteiger partial charge in [0, 0.05) is 12.8 Å². The topological polar surface area (TPSA) is 26.3 Å². The Hall–Kier alpha value is -1.31. The molecular formula is C19H30O2. The van der Waals surface area contributed by atoms with Crippen LogP contribution in [0.2, 0.25) is 0 Å². The Labute approximate surface area is 129 Å². The van der Waals surface area contributed by atoms with E-state index >= 15 is 0 Å². The van der Waals surface area contributed by atoms with E-state index in [4.69, 9.17) is 4.74 Å². The molecule has 21 heavy (non-hydrogen) atoms. The lowest BCUT2D eigenvalue weighted by Crippen LogP contribution is -2.00. The van der Waals surface area contributed by atoms with Gasteiger partial charge in [-0.1, -0.05) is 51.2 Å². The average molecular weight is 290 g/mol. The third-order valence-electron chi connectivity index (χ3n) is 3.97. The molecule has 0 heterocycles. The van der Waals surface area contributed by atoms with Gasteiger partial charge in [-0.05, 0) is 37.0 Å². The lowest BCUT2D eigenvalue weighted by atomic mass is 10.0. The molecule has 0 amide bonds. The van der Waals surface area contributed by atoms with Gasteiger partial charge in [-0.3, -0.25) is 4.79 Å². The first kappa shape index (κ1) is 17.7. The van der Waals surface area contributed by atoms with Gasteiger partial charge in [-0.15, -0.1) is 0 Å². The Kier molecular flexibility index (Phi) is 8.80. The highest BCUT2D eigenvalue weighted by molar-refractivity contribution is 5.78. The molecule has 1 aromatic rings. The Morgan fingerprint density at radius 3 is 2.48 bits per heavy atom. The normalized spacial score (nSPS) is 10.6. The van der Waals surface area contributed by atoms with Gasteiger partial charge in [0.1, 0.15) is 11.5 Å². The highest BCUT2D eigenvalue weighted by atomic mass is 16.5. The minimum atomic E-state index is 0.394. The van der Waals surface area contributed by atoms with E-state index in [9.17, 15) is 4.79 Å². The number of Topliss-reactive ketones (excluding diaryl/α,β-unsaturated/α-hetero) is 1.